The normalized spacial score (nSPS) is 14.8. The van der Waals surface area contributed by atoms with Crippen LogP contribution in [0.4, 0.5) is 0 Å². The minimum Gasteiger partial charge on any atom is -0.462 e. The summed E-state index contributed by atoms with van der Waals surface area (Å²) in [6, 6.07) is 0. The number of carbonyl (C=O) groups excluding carboxylic acids is 4. The van der Waals surface area contributed by atoms with Crippen LogP contribution in [0.3, 0.4) is 0 Å². The van der Waals surface area contributed by atoms with Crippen molar-refractivity contribution in [3.63, 3.8) is 0 Å². The number of aliphatic hydroxyl groups excluding tert-OH is 1. The Morgan fingerprint density at radius 3 is 0.902 bits per heavy atom. The van der Waals surface area contributed by atoms with Gasteiger partial charge in [-0.3, -0.25) is 37.3 Å². The van der Waals surface area contributed by atoms with E-state index in [-0.39, 0.29) is 25.7 Å². The second-order valence-electron chi connectivity index (χ2n) is 25.2. The third kappa shape index (κ3) is 73.0. The summed E-state index contributed by atoms with van der Waals surface area (Å²) >= 11 is 0. The number of ether oxygens (including phenoxy) is 4. The Hall–Kier alpha value is -5.32. The molecule has 0 bridgehead atoms. The van der Waals surface area contributed by atoms with Crippen LogP contribution < -0.4 is 0 Å². The predicted molar refractivity (Wildman–Crippen MR) is 417 cm³/mol. The Labute approximate surface area is 617 Å². The average Bonchev–Trinajstić information content (AvgIpc) is 0.926. The fourth-order valence-corrected chi connectivity index (χ4v) is 11.3. The minimum atomic E-state index is -5.01. The van der Waals surface area contributed by atoms with Crippen LogP contribution >= 0.6 is 15.6 Å². The van der Waals surface area contributed by atoms with Crippen LogP contribution in [0.1, 0.15) is 285 Å². The molecule has 0 radical (unpaired) electrons. The minimum absolute atomic E-state index is 0.0179. The Balaban J connectivity index is 5.48. The van der Waals surface area contributed by atoms with Gasteiger partial charge in [-0.05, 0) is 148 Å². The zero-order chi connectivity index (χ0) is 74.6. The molecule has 0 fully saturated rings. The van der Waals surface area contributed by atoms with Crippen LogP contribution in [-0.2, 0) is 65.4 Å². The van der Waals surface area contributed by atoms with Crippen molar-refractivity contribution < 1.29 is 80.2 Å². The molecule has 19 heteroatoms. The standard InChI is InChI=1S/C83H136O17P2/c1-5-9-13-17-21-25-29-33-37-38-42-44-48-52-56-60-64-68-81(86)94-74-79(100-83(88)70-66-62-58-54-50-46-41-36-32-28-24-20-16-12-8-4)76-98-102(91,92)96-72-77(84)71-95-101(89,90)97-75-78(99-82(87)69-65-61-57-53-49-45-40-35-31-27-23-19-15-11-7-3)73-93-80(85)67-63-59-55-51-47-43-39-34-30-26-22-18-14-10-6-2/h9-11,13-15,21-23,25-27,33-37,39-41,47,49,51,53,59,63,77-79,84H,5-8,12,16-20,24,28-32,38,42-46,48,50,52,54-58,60-62,64-76H2,1-4H3,(H,89,90)(H,91,92)/b13-9-,14-10-,15-11-,25-21-,26-22-,27-23-,37-33-,39-34-,40-35-,41-36-,51-47-,53-49-,63-59-. The van der Waals surface area contributed by atoms with E-state index < -0.39 is 97.5 Å². The van der Waals surface area contributed by atoms with Gasteiger partial charge in [0.25, 0.3) is 0 Å². The van der Waals surface area contributed by atoms with Crippen molar-refractivity contribution >= 4 is 39.5 Å². The van der Waals surface area contributed by atoms with Gasteiger partial charge < -0.3 is 33.8 Å². The number of hydrogen-bond donors (Lipinski definition) is 3. The van der Waals surface area contributed by atoms with Gasteiger partial charge in [0.05, 0.1) is 32.8 Å². The number of allylic oxidation sites excluding steroid dienone is 25. The number of phosphoric ester groups is 2. The molecule has 0 amide bonds. The van der Waals surface area contributed by atoms with E-state index in [0.717, 1.165) is 161 Å². The second kappa shape index (κ2) is 74.0. The van der Waals surface area contributed by atoms with Gasteiger partial charge in [0.2, 0.25) is 0 Å². The molecule has 0 saturated heterocycles. The number of hydrogen-bond acceptors (Lipinski definition) is 15. The highest BCUT2D eigenvalue weighted by atomic mass is 31.2. The second-order valence-corrected chi connectivity index (χ2v) is 28.1. The molecule has 580 valence electrons. The zero-order valence-electron chi connectivity index (χ0n) is 63.2. The smallest absolute Gasteiger partial charge is 0.462 e. The fourth-order valence-electron chi connectivity index (χ4n) is 9.70. The van der Waals surface area contributed by atoms with Gasteiger partial charge in [0.15, 0.2) is 12.2 Å². The van der Waals surface area contributed by atoms with Crippen LogP contribution in [0.15, 0.2) is 158 Å². The summed E-state index contributed by atoms with van der Waals surface area (Å²) in [4.78, 5) is 72.9. The first kappa shape index (κ1) is 96.7. The maximum absolute atomic E-state index is 13.1. The Bertz CT molecular complexity index is 2550. The number of aliphatic hydroxyl groups is 1. The SMILES string of the molecule is CC/C=C\C/C=C\C/C=C\C/C=C\C/C=C\CC(=O)OCC(COP(=O)(O)OCC(O)COP(=O)(O)OCC(COC(=O)CCCCCCCCC/C=C\C/C=C\C/C=C\CC)OC(=O)CCCCCCC/C=C\CCCCCCCC)OC(=O)CCCC/C=C\C/C=C\C/C=C\C/C=C\CC. The molecule has 3 N–H and O–H groups in total. The van der Waals surface area contributed by atoms with Gasteiger partial charge in [0, 0.05) is 19.3 Å². The van der Waals surface area contributed by atoms with Gasteiger partial charge in [-0.15, -0.1) is 0 Å². The Morgan fingerprint density at radius 1 is 0.294 bits per heavy atom. The highest BCUT2D eigenvalue weighted by molar-refractivity contribution is 7.47. The molecule has 102 heavy (non-hydrogen) atoms. The predicted octanol–water partition coefficient (Wildman–Crippen LogP) is 22.4. The van der Waals surface area contributed by atoms with E-state index in [4.69, 9.17) is 37.0 Å². The Morgan fingerprint density at radius 2 is 0.549 bits per heavy atom. The van der Waals surface area contributed by atoms with Crippen molar-refractivity contribution in [2.45, 2.75) is 303 Å². The van der Waals surface area contributed by atoms with Crippen molar-refractivity contribution in [3.05, 3.63) is 158 Å². The lowest BCUT2D eigenvalue weighted by Crippen LogP contribution is -2.30. The number of rotatable bonds is 71. The fraction of sp³-hybridized carbons (Fsp3) is 0.639. The van der Waals surface area contributed by atoms with Crippen LogP contribution in [0.5, 0.6) is 0 Å². The summed E-state index contributed by atoms with van der Waals surface area (Å²) in [5.41, 5.74) is 0. The van der Waals surface area contributed by atoms with E-state index >= 15 is 0 Å². The zero-order valence-corrected chi connectivity index (χ0v) is 65.0. The lowest BCUT2D eigenvalue weighted by atomic mass is 10.1. The molecule has 0 aliphatic rings. The van der Waals surface area contributed by atoms with Gasteiger partial charge in [-0.1, -0.05) is 269 Å². The molecule has 0 heterocycles. The van der Waals surface area contributed by atoms with Gasteiger partial charge in [-0.2, -0.15) is 0 Å². The first-order valence-corrected chi connectivity index (χ1v) is 41.7. The van der Waals surface area contributed by atoms with Gasteiger partial charge in [-0.25, -0.2) is 9.13 Å². The van der Waals surface area contributed by atoms with Crippen molar-refractivity contribution in [1.82, 2.24) is 0 Å². The molecule has 17 nitrogen and oxygen atoms in total. The molecule has 0 spiro atoms. The largest absolute Gasteiger partial charge is 0.472 e. The monoisotopic (exact) mass is 1470 g/mol. The molecule has 0 aromatic carbocycles. The Kier molecular flexibility index (Phi) is 70.1. The quantitative estimate of drug-likeness (QED) is 0.0169. The number of carbonyl (C=O) groups is 4. The molecule has 0 aliphatic carbocycles. The van der Waals surface area contributed by atoms with E-state index in [0.29, 0.717) is 32.1 Å². The van der Waals surface area contributed by atoms with Crippen LogP contribution in [0, 0.1) is 0 Å². The van der Waals surface area contributed by atoms with Crippen LogP contribution in [-0.4, -0.2) is 96.7 Å². The van der Waals surface area contributed by atoms with E-state index in [1.54, 1.807) is 6.08 Å². The average molecular weight is 1470 g/mol. The van der Waals surface area contributed by atoms with E-state index in [1.165, 1.54) is 38.5 Å². The lowest BCUT2D eigenvalue weighted by Gasteiger charge is -2.21. The highest BCUT2D eigenvalue weighted by Gasteiger charge is 2.30. The van der Waals surface area contributed by atoms with Gasteiger partial charge in [0.1, 0.15) is 19.3 Å². The topological polar surface area (TPSA) is 237 Å². The summed E-state index contributed by atoms with van der Waals surface area (Å²) < 4.78 is 68.4. The third-order valence-corrected chi connectivity index (χ3v) is 17.4. The summed E-state index contributed by atoms with van der Waals surface area (Å²) in [7, 11) is -10.0. The maximum Gasteiger partial charge on any atom is 0.472 e. The first-order chi connectivity index (χ1) is 49.7. The number of phosphoric acid groups is 2. The molecule has 0 aromatic heterocycles. The third-order valence-electron chi connectivity index (χ3n) is 15.5. The maximum atomic E-state index is 13.1. The molecule has 0 saturated carbocycles. The van der Waals surface area contributed by atoms with Crippen molar-refractivity contribution in [1.29, 1.82) is 0 Å². The molecule has 5 unspecified atom stereocenters. The van der Waals surface area contributed by atoms with Gasteiger partial charge >= 0.3 is 39.5 Å². The number of unbranched alkanes of at least 4 members (excludes halogenated alkanes) is 20. The lowest BCUT2D eigenvalue weighted by molar-refractivity contribution is -0.161. The summed E-state index contributed by atoms with van der Waals surface area (Å²) in [5, 5.41) is 10.6. The van der Waals surface area contributed by atoms with E-state index in [1.807, 2.05) is 24.3 Å². The summed E-state index contributed by atoms with van der Waals surface area (Å²) in [5.74, 6) is -2.40. The van der Waals surface area contributed by atoms with E-state index in [9.17, 15) is 43.2 Å². The number of esters is 4. The molecule has 0 rings (SSSR count). The van der Waals surface area contributed by atoms with E-state index in [2.05, 4.69) is 155 Å². The molecular weight excluding hydrogens is 1330 g/mol. The van der Waals surface area contributed by atoms with Crippen molar-refractivity contribution in [2.75, 3.05) is 39.6 Å². The van der Waals surface area contributed by atoms with Crippen molar-refractivity contribution in [3.8, 4) is 0 Å². The van der Waals surface area contributed by atoms with Crippen LogP contribution in [0.25, 0.3) is 0 Å². The first-order valence-electron chi connectivity index (χ1n) is 38.7. The summed E-state index contributed by atoms with van der Waals surface area (Å²) in [6.07, 6.45) is 85.5. The van der Waals surface area contributed by atoms with Crippen LogP contribution in [0.2, 0.25) is 0 Å². The summed E-state index contributed by atoms with van der Waals surface area (Å²) in [6.45, 7) is 4.33. The molecular formula is C83H136O17P2. The highest BCUT2D eigenvalue weighted by Crippen LogP contribution is 2.45. The molecule has 0 aromatic rings. The molecule has 0 aliphatic heterocycles. The molecule has 5 atom stereocenters. The van der Waals surface area contributed by atoms with Crippen molar-refractivity contribution in [2.24, 2.45) is 0 Å².